The molecule has 0 aromatic heterocycles. The summed E-state index contributed by atoms with van der Waals surface area (Å²) < 4.78 is 0. The van der Waals surface area contributed by atoms with Crippen molar-refractivity contribution in [2.75, 3.05) is 20.1 Å². The van der Waals surface area contributed by atoms with Crippen LogP contribution in [-0.2, 0) is 0 Å². The summed E-state index contributed by atoms with van der Waals surface area (Å²) in [7, 11) is 2.09. The Bertz CT molecular complexity index is 192. The van der Waals surface area contributed by atoms with Gasteiger partial charge in [0, 0.05) is 18.6 Å². The lowest BCUT2D eigenvalue weighted by Crippen LogP contribution is -2.49. The molecule has 0 aromatic carbocycles. The standard InChI is InChI=1S/C16H34N2/c1-4-5-6-7-8-11-15(2)18-13-10-9-12-16(18)14-17-3/h15-17H,4-14H2,1-3H3. The fourth-order valence-electron chi connectivity index (χ4n) is 3.27. The van der Waals surface area contributed by atoms with Crippen LogP contribution in [0.5, 0.6) is 0 Å². The van der Waals surface area contributed by atoms with E-state index in [1.165, 1.54) is 70.9 Å². The van der Waals surface area contributed by atoms with Gasteiger partial charge in [-0.05, 0) is 39.8 Å². The summed E-state index contributed by atoms with van der Waals surface area (Å²) in [5.74, 6) is 0. The van der Waals surface area contributed by atoms with Gasteiger partial charge < -0.3 is 5.32 Å². The predicted molar refractivity (Wildman–Crippen MR) is 81.1 cm³/mol. The summed E-state index contributed by atoms with van der Waals surface area (Å²) in [4.78, 5) is 2.76. The average Bonchev–Trinajstić information content (AvgIpc) is 2.39. The highest BCUT2D eigenvalue weighted by Gasteiger charge is 2.25. The molecule has 0 aliphatic carbocycles. The van der Waals surface area contributed by atoms with E-state index in [9.17, 15) is 0 Å². The first kappa shape index (κ1) is 16.0. The van der Waals surface area contributed by atoms with E-state index in [-0.39, 0.29) is 0 Å². The first-order chi connectivity index (χ1) is 8.79. The lowest BCUT2D eigenvalue weighted by Gasteiger charge is -2.40. The molecule has 1 rings (SSSR count). The maximum atomic E-state index is 3.36. The summed E-state index contributed by atoms with van der Waals surface area (Å²) in [5.41, 5.74) is 0. The molecular formula is C16H34N2. The lowest BCUT2D eigenvalue weighted by molar-refractivity contribution is 0.0969. The number of hydrogen-bond donors (Lipinski definition) is 1. The highest BCUT2D eigenvalue weighted by atomic mass is 15.2. The SMILES string of the molecule is CCCCCCCC(C)N1CCCCC1CNC. The molecule has 1 fully saturated rings. The summed E-state index contributed by atoms with van der Waals surface area (Å²) in [6, 6.07) is 1.57. The van der Waals surface area contributed by atoms with Gasteiger partial charge in [-0.2, -0.15) is 0 Å². The minimum absolute atomic E-state index is 0.783. The van der Waals surface area contributed by atoms with Crippen molar-refractivity contribution in [3.8, 4) is 0 Å². The molecule has 1 saturated heterocycles. The van der Waals surface area contributed by atoms with Gasteiger partial charge in [0.25, 0.3) is 0 Å². The van der Waals surface area contributed by atoms with Crippen molar-refractivity contribution in [1.29, 1.82) is 0 Å². The third-order valence-electron chi connectivity index (χ3n) is 4.40. The molecule has 2 heteroatoms. The zero-order valence-electron chi connectivity index (χ0n) is 12.9. The van der Waals surface area contributed by atoms with Crippen molar-refractivity contribution in [2.45, 2.75) is 83.7 Å². The van der Waals surface area contributed by atoms with Crippen molar-refractivity contribution in [1.82, 2.24) is 10.2 Å². The number of unbranched alkanes of at least 4 members (excludes halogenated alkanes) is 4. The topological polar surface area (TPSA) is 15.3 Å². The van der Waals surface area contributed by atoms with Gasteiger partial charge in [0.15, 0.2) is 0 Å². The van der Waals surface area contributed by atoms with Gasteiger partial charge in [0.05, 0.1) is 0 Å². The molecule has 1 aliphatic heterocycles. The molecule has 108 valence electrons. The van der Waals surface area contributed by atoms with E-state index in [1.54, 1.807) is 0 Å². The van der Waals surface area contributed by atoms with Crippen LogP contribution in [0.1, 0.15) is 71.6 Å². The zero-order valence-corrected chi connectivity index (χ0v) is 12.9. The van der Waals surface area contributed by atoms with Crippen LogP contribution in [0.2, 0.25) is 0 Å². The third kappa shape index (κ3) is 5.71. The quantitative estimate of drug-likeness (QED) is 0.629. The number of likely N-dealkylation sites (tertiary alicyclic amines) is 1. The van der Waals surface area contributed by atoms with Crippen molar-refractivity contribution >= 4 is 0 Å². The first-order valence-corrected chi connectivity index (χ1v) is 8.20. The maximum absolute atomic E-state index is 3.36. The van der Waals surface area contributed by atoms with E-state index in [2.05, 4.69) is 31.1 Å². The molecule has 2 nitrogen and oxygen atoms in total. The molecule has 2 unspecified atom stereocenters. The molecule has 18 heavy (non-hydrogen) atoms. The Morgan fingerprint density at radius 1 is 1.17 bits per heavy atom. The molecule has 0 radical (unpaired) electrons. The number of nitrogens with one attached hydrogen (secondary N) is 1. The number of piperidine rings is 1. The predicted octanol–water partition coefficient (Wildman–Crippen LogP) is 3.81. The fraction of sp³-hybridized carbons (Fsp3) is 1.00. The molecule has 0 aromatic rings. The highest BCUT2D eigenvalue weighted by molar-refractivity contribution is 4.82. The molecule has 0 bridgehead atoms. The van der Waals surface area contributed by atoms with Crippen LogP contribution in [0.3, 0.4) is 0 Å². The van der Waals surface area contributed by atoms with Crippen molar-refractivity contribution in [2.24, 2.45) is 0 Å². The second-order valence-electron chi connectivity index (χ2n) is 6.00. The molecule has 2 atom stereocenters. The highest BCUT2D eigenvalue weighted by Crippen LogP contribution is 2.22. The van der Waals surface area contributed by atoms with Crippen molar-refractivity contribution < 1.29 is 0 Å². The van der Waals surface area contributed by atoms with Crippen LogP contribution < -0.4 is 5.32 Å². The summed E-state index contributed by atoms with van der Waals surface area (Å²) in [6.45, 7) is 7.22. The number of hydrogen-bond acceptors (Lipinski definition) is 2. The molecule has 0 amide bonds. The Balaban J connectivity index is 2.22. The van der Waals surface area contributed by atoms with Gasteiger partial charge in [0.2, 0.25) is 0 Å². The second-order valence-corrected chi connectivity index (χ2v) is 6.00. The Kier molecular flexibility index (Phi) is 8.70. The van der Waals surface area contributed by atoms with E-state index in [0.29, 0.717) is 0 Å². The number of rotatable bonds is 9. The molecule has 0 saturated carbocycles. The summed E-state index contributed by atoms with van der Waals surface area (Å²) >= 11 is 0. The summed E-state index contributed by atoms with van der Waals surface area (Å²) in [6.07, 6.45) is 12.7. The Morgan fingerprint density at radius 2 is 1.94 bits per heavy atom. The van der Waals surface area contributed by atoms with Crippen molar-refractivity contribution in [3.05, 3.63) is 0 Å². The number of nitrogens with zero attached hydrogens (tertiary/aromatic N) is 1. The van der Waals surface area contributed by atoms with Gasteiger partial charge in [-0.3, -0.25) is 4.90 Å². The van der Waals surface area contributed by atoms with E-state index < -0.39 is 0 Å². The molecular weight excluding hydrogens is 220 g/mol. The monoisotopic (exact) mass is 254 g/mol. The van der Waals surface area contributed by atoms with E-state index >= 15 is 0 Å². The van der Waals surface area contributed by atoms with Crippen molar-refractivity contribution in [3.63, 3.8) is 0 Å². The maximum Gasteiger partial charge on any atom is 0.0223 e. The zero-order chi connectivity index (χ0) is 13.2. The normalized spacial score (nSPS) is 23.2. The molecule has 0 spiro atoms. The van der Waals surface area contributed by atoms with E-state index in [1.807, 2.05) is 0 Å². The minimum Gasteiger partial charge on any atom is -0.318 e. The third-order valence-corrected chi connectivity index (χ3v) is 4.40. The summed E-state index contributed by atoms with van der Waals surface area (Å²) in [5, 5.41) is 3.36. The smallest absolute Gasteiger partial charge is 0.0223 e. The van der Waals surface area contributed by atoms with Gasteiger partial charge in [-0.25, -0.2) is 0 Å². The first-order valence-electron chi connectivity index (χ1n) is 8.20. The van der Waals surface area contributed by atoms with Crippen LogP contribution in [-0.4, -0.2) is 37.1 Å². The van der Waals surface area contributed by atoms with Gasteiger partial charge in [-0.15, -0.1) is 0 Å². The van der Waals surface area contributed by atoms with E-state index in [0.717, 1.165) is 12.1 Å². The van der Waals surface area contributed by atoms with Gasteiger partial charge in [-0.1, -0.05) is 45.4 Å². The van der Waals surface area contributed by atoms with Gasteiger partial charge in [0.1, 0.15) is 0 Å². The van der Waals surface area contributed by atoms with Crippen LogP contribution in [0.4, 0.5) is 0 Å². The number of likely N-dealkylation sites (N-methyl/N-ethyl adjacent to an activating group) is 1. The Labute approximate surface area is 115 Å². The van der Waals surface area contributed by atoms with Crippen LogP contribution >= 0.6 is 0 Å². The second kappa shape index (κ2) is 9.80. The largest absolute Gasteiger partial charge is 0.318 e. The average molecular weight is 254 g/mol. The molecule has 1 aliphatic rings. The molecule has 1 N–H and O–H groups in total. The fourth-order valence-corrected chi connectivity index (χ4v) is 3.27. The van der Waals surface area contributed by atoms with Crippen LogP contribution in [0.15, 0.2) is 0 Å². The van der Waals surface area contributed by atoms with Crippen LogP contribution in [0.25, 0.3) is 0 Å². The lowest BCUT2D eigenvalue weighted by atomic mass is 9.97. The Hall–Kier alpha value is -0.0800. The van der Waals surface area contributed by atoms with E-state index in [4.69, 9.17) is 0 Å². The minimum atomic E-state index is 0.783. The molecule has 1 heterocycles. The van der Waals surface area contributed by atoms with Gasteiger partial charge >= 0.3 is 0 Å². The Morgan fingerprint density at radius 3 is 2.67 bits per heavy atom. The van der Waals surface area contributed by atoms with Crippen LogP contribution in [0, 0.1) is 0 Å².